The molecule has 18 heavy (non-hydrogen) atoms. The average Bonchev–Trinajstić information content (AvgIpc) is 2.43. The second-order valence-corrected chi connectivity index (χ2v) is 7.56. The van der Waals surface area contributed by atoms with Crippen LogP contribution < -0.4 is 0 Å². The fourth-order valence-corrected chi connectivity index (χ4v) is 4.47. The summed E-state index contributed by atoms with van der Waals surface area (Å²) in [5.74, 6) is 3.90. The molecule has 0 radical (unpaired) electrons. The molecule has 0 aliphatic rings. The van der Waals surface area contributed by atoms with Crippen molar-refractivity contribution < 1.29 is 0 Å². The summed E-state index contributed by atoms with van der Waals surface area (Å²) in [5.41, 5.74) is 1.34. The van der Waals surface area contributed by atoms with E-state index < -0.39 is 0 Å². The average molecular weight is 325 g/mol. The summed E-state index contributed by atoms with van der Waals surface area (Å²) < 4.78 is 1.55. The SMILES string of the molecule is C=CC(/C=C(/SCCCC)[Se]C)c1ccccc1. The van der Waals surface area contributed by atoms with E-state index in [2.05, 4.69) is 55.7 Å². The van der Waals surface area contributed by atoms with Crippen LogP contribution in [0.1, 0.15) is 31.2 Å². The molecule has 1 atom stereocenters. The Kier molecular flexibility index (Phi) is 8.24. The van der Waals surface area contributed by atoms with Crippen LogP contribution in [-0.2, 0) is 0 Å². The molecule has 0 bridgehead atoms. The van der Waals surface area contributed by atoms with E-state index in [4.69, 9.17) is 0 Å². The fraction of sp³-hybridized carbons (Fsp3) is 0.375. The van der Waals surface area contributed by atoms with Crippen LogP contribution in [-0.4, -0.2) is 20.7 Å². The van der Waals surface area contributed by atoms with E-state index in [0.29, 0.717) is 20.9 Å². The van der Waals surface area contributed by atoms with Crippen LogP contribution in [0.3, 0.4) is 0 Å². The van der Waals surface area contributed by atoms with Gasteiger partial charge in [0.15, 0.2) is 0 Å². The van der Waals surface area contributed by atoms with Gasteiger partial charge in [0.2, 0.25) is 0 Å². The minimum atomic E-state index is 0.358. The van der Waals surface area contributed by atoms with Crippen molar-refractivity contribution in [2.45, 2.75) is 31.5 Å². The molecule has 2 heteroatoms. The number of unbranched alkanes of at least 4 members (excludes halogenated alkanes) is 1. The summed E-state index contributed by atoms with van der Waals surface area (Å²) in [5, 5.41) is 0. The predicted molar refractivity (Wildman–Crippen MR) is 86.4 cm³/mol. The Labute approximate surface area is 122 Å². The van der Waals surface area contributed by atoms with Crippen molar-refractivity contribution in [3.05, 3.63) is 58.4 Å². The van der Waals surface area contributed by atoms with Gasteiger partial charge in [-0.25, -0.2) is 0 Å². The van der Waals surface area contributed by atoms with E-state index in [9.17, 15) is 0 Å². The molecule has 0 N–H and O–H groups in total. The van der Waals surface area contributed by atoms with Gasteiger partial charge in [0, 0.05) is 0 Å². The Morgan fingerprint density at radius 1 is 1.39 bits per heavy atom. The summed E-state index contributed by atoms with van der Waals surface area (Å²) in [6, 6.07) is 10.6. The molecule has 1 unspecified atom stereocenters. The quantitative estimate of drug-likeness (QED) is 0.365. The fourth-order valence-electron chi connectivity index (χ4n) is 1.61. The molecule has 1 aromatic carbocycles. The molecule has 0 aliphatic heterocycles. The van der Waals surface area contributed by atoms with Crippen LogP contribution in [0.5, 0.6) is 0 Å². The van der Waals surface area contributed by atoms with Crippen molar-refractivity contribution in [3.63, 3.8) is 0 Å². The Morgan fingerprint density at radius 2 is 2.11 bits per heavy atom. The normalized spacial score (nSPS) is 13.3. The zero-order valence-electron chi connectivity index (χ0n) is 11.3. The van der Waals surface area contributed by atoms with Crippen molar-refractivity contribution in [3.8, 4) is 0 Å². The number of hydrogen-bond acceptors (Lipinski definition) is 1. The van der Waals surface area contributed by atoms with Crippen molar-refractivity contribution in [1.29, 1.82) is 0 Å². The van der Waals surface area contributed by atoms with Crippen molar-refractivity contribution in [2.24, 2.45) is 0 Å². The first-order valence-corrected chi connectivity index (χ1v) is 9.93. The van der Waals surface area contributed by atoms with E-state index in [1.807, 2.05) is 17.8 Å². The van der Waals surface area contributed by atoms with Crippen molar-refractivity contribution in [1.82, 2.24) is 0 Å². The van der Waals surface area contributed by atoms with E-state index >= 15 is 0 Å². The number of thioether (sulfide) groups is 1. The first-order chi connectivity index (χ1) is 8.81. The second kappa shape index (κ2) is 9.49. The number of benzene rings is 1. The molecule has 1 aromatic rings. The third kappa shape index (κ3) is 5.47. The molecule has 0 saturated heterocycles. The van der Waals surface area contributed by atoms with Crippen LogP contribution in [0.4, 0.5) is 0 Å². The van der Waals surface area contributed by atoms with Crippen LogP contribution in [0.2, 0.25) is 5.82 Å². The summed E-state index contributed by atoms with van der Waals surface area (Å²) in [4.78, 5) is 0. The molecular weight excluding hydrogens is 303 g/mol. The third-order valence-electron chi connectivity index (χ3n) is 2.70. The molecule has 0 aliphatic carbocycles. The molecule has 0 heterocycles. The zero-order valence-corrected chi connectivity index (χ0v) is 13.8. The van der Waals surface area contributed by atoms with Gasteiger partial charge in [-0.2, -0.15) is 0 Å². The Bertz CT molecular complexity index is 370. The monoisotopic (exact) mass is 326 g/mol. The van der Waals surface area contributed by atoms with Gasteiger partial charge in [0.1, 0.15) is 0 Å². The van der Waals surface area contributed by atoms with Gasteiger partial charge in [-0.15, -0.1) is 0 Å². The van der Waals surface area contributed by atoms with Gasteiger partial charge in [0.05, 0.1) is 0 Å². The van der Waals surface area contributed by atoms with E-state index in [0.717, 1.165) is 0 Å². The molecule has 0 nitrogen and oxygen atoms in total. The molecule has 0 saturated carbocycles. The van der Waals surface area contributed by atoms with Gasteiger partial charge >= 0.3 is 122 Å². The summed E-state index contributed by atoms with van der Waals surface area (Å²) >= 11 is 2.60. The predicted octanol–water partition coefficient (Wildman–Crippen LogP) is 5.08. The maximum absolute atomic E-state index is 3.97. The standard InChI is InChI=1S/C16H22SSe/c1-4-6-12-17-16(18-3)13-14(5-2)15-10-8-7-9-11-15/h5,7-11,13-14H,2,4,6,12H2,1,3H3/b16-13-. The third-order valence-corrected chi connectivity index (χ3v) is 6.35. The van der Waals surface area contributed by atoms with E-state index in [1.54, 1.807) is 3.80 Å². The van der Waals surface area contributed by atoms with Crippen LogP contribution >= 0.6 is 11.8 Å². The number of rotatable bonds is 8. The second-order valence-electron chi connectivity index (χ2n) is 4.06. The number of allylic oxidation sites excluding steroid dienone is 2. The van der Waals surface area contributed by atoms with Gasteiger partial charge in [0.25, 0.3) is 0 Å². The molecule has 0 aromatic heterocycles. The Hall–Kier alpha value is -0.431. The van der Waals surface area contributed by atoms with Crippen molar-refractivity contribution >= 4 is 26.7 Å². The van der Waals surface area contributed by atoms with Crippen LogP contribution in [0.15, 0.2) is 52.9 Å². The molecular formula is C16H22SSe. The van der Waals surface area contributed by atoms with Gasteiger partial charge < -0.3 is 0 Å². The zero-order chi connectivity index (χ0) is 13.2. The Morgan fingerprint density at radius 3 is 2.67 bits per heavy atom. The number of hydrogen-bond donors (Lipinski definition) is 0. The van der Waals surface area contributed by atoms with Gasteiger partial charge in [-0.1, -0.05) is 0 Å². The van der Waals surface area contributed by atoms with Crippen LogP contribution in [0, 0.1) is 0 Å². The molecule has 0 amide bonds. The first kappa shape index (κ1) is 15.6. The summed E-state index contributed by atoms with van der Waals surface area (Å²) in [6.45, 7) is 6.22. The van der Waals surface area contributed by atoms with E-state index in [-0.39, 0.29) is 0 Å². The molecule has 0 spiro atoms. The van der Waals surface area contributed by atoms with Gasteiger partial charge in [-0.3, -0.25) is 0 Å². The molecule has 98 valence electrons. The first-order valence-electron chi connectivity index (χ1n) is 6.38. The summed E-state index contributed by atoms with van der Waals surface area (Å²) in [6.07, 6.45) is 7.02. The molecule has 0 fully saturated rings. The van der Waals surface area contributed by atoms with Crippen molar-refractivity contribution in [2.75, 3.05) is 5.75 Å². The minimum absolute atomic E-state index is 0.358. The molecule has 1 rings (SSSR count). The van der Waals surface area contributed by atoms with Crippen LogP contribution in [0.25, 0.3) is 0 Å². The topological polar surface area (TPSA) is 0 Å². The van der Waals surface area contributed by atoms with Gasteiger partial charge in [-0.05, 0) is 0 Å². The van der Waals surface area contributed by atoms with E-state index in [1.165, 1.54) is 24.2 Å². The summed E-state index contributed by atoms with van der Waals surface area (Å²) in [7, 11) is 0. The maximum atomic E-state index is 3.97. The Balaban J connectivity index is 2.72.